The van der Waals surface area contributed by atoms with Gasteiger partial charge in [0.05, 0.1) is 26.5 Å². The topological polar surface area (TPSA) is 107 Å². The Morgan fingerprint density at radius 2 is 1.96 bits per heavy atom. The number of methoxy groups -OCH3 is 2. The van der Waals surface area contributed by atoms with Gasteiger partial charge in [0.25, 0.3) is 5.91 Å². The number of aliphatic carboxylic acids is 1. The molecule has 0 saturated carbocycles. The Kier molecular flexibility index (Phi) is 6.93. The number of ether oxygens (including phenoxy) is 3. The summed E-state index contributed by atoms with van der Waals surface area (Å²) in [6.45, 7) is 1.71. The Balaban J connectivity index is 2.06. The molecule has 0 radical (unpaired) electrons. The van der Waals surface area contributed by atoms with Gasteiger partial charge in [-0.15, -0.1) is 11.3 Å². The van der Waals surface area contributed by atoms with Gasteiger partial charge in [-0.2, -0.15) is 0 Å². The minimum atomic E-state index is -1.05. The maximum Gasteiger partial charge on any atom is 0.329 e. The minimum Gasteiger partial charge on any atom is -0.493 e. The molecule has 0 fully saturated rings. The van der Waals surface area contributed by atoms with E-state index in [1.54, 1.807) is 33.3 Å². The zero-order valence-electron chi connectivity index (χ0n) is 14.7. The summed E-state index contributed by atoms with van der Waals surface area (Å²) in [5.74, 6) is -0.122. The number of hydrogen-bond acceptors (Lipinski definition) is 7. The van der Waals surface area contributed by atoms with Crippen molar-refractivity contribution < 1.29 is 28.9 Å². The molecule has 0 aliphatic carbocycles. The number of carboxylic acid groups (broad SMARTS) is 1. The van der Waals surface area contributed by atoms with Crippen LogP contribution in [0.2, 0.25) is 0 Å². The SMILES string of the molecule is COc1ccc(-c2nc(C)c(C(=O)NCCOCC(=O)O)s2)cc1OC. The lowest BCUT2D eigenvalue weighted by molar-refractivity contribution is -0.142. The molecule has 0 saturated heterocycles. The first-order valence-electron chi connectivity index (χ1n) is 7.73. The average molecular weight is 380 g/mol. The molecule has 2 rings (SSSR count). The Morgan fingerprint density at radius 1 is 1.23 bits per heavy atom. The number of rotatable bonds is 9. The van der Waals surface area contributed by atoms with Crippen molar-refractivity contribution in [3.63, 3.8) is 0 Å². The molecule has 0 aliphatic heterocycles. The van der Waals surface area contributed by atoms with E-state index in [0.717, 1.165) is 5.56 Å². The van der Waals surface area contributed by atoms with Crippen molar-refractivity contribution in [1.82, 2.24) is 10.3 Å². The smallest absolute Gasteiger partial charge is 0.329 e. The zero-order valence-corrected chi connectivity index (χ0v) is 15.5. The van der Waals surface area contributed by atoms with Gasteiger partial charge in [0.1, 0.15) is 16.5 Å². The summed E-state index contributed by atoms with van der Waals surface area (Å²) in [6, 6.07) is 5.43. The van der Waals surface area contributed by atoms with Crippen LogP contribution in [-0.4, -0.2) is 55.9 Å². The van der Waals surface area contributed by atoms with Crippen LogP contribution in [0.25, 0.3) is 10.6 Å². The molecule has 0 spiro atoms. The van der Waals surface area contributed by atoms with Gasteiger partial charge in [0.15, 0.2) is 11.5 Å². The van der Waals surface area contributed by atoms with Crippen LogP contribution >= 0.6 is 11.3 Å². The normalized spacial score (nSPS) is 10.4. The Morgan fingerprint density at radius 3 is 2.62 bits per heavy atom. The Labute approximate surface area is 154 Å². The van der Waals surface area contributed by atoms with E-state index in [9.17, 15) is 9.59 Å². The number of carbonyl (C=O) groups excluding carboxylic acids is 1. The number of aryl methyl sites for hydroxylation is 1. The fourth-order valence-electron chi connectivity index (χ4n) is 2.18. The number of carbonyl (C=O) groups is 2. The molecular formula is C17H20N2O6S. The van der Waals surface area contributed by atoms with Crippen molar-refractivity contribution in [2.24, 2.45) is 0 Å². The van der Waals surface area contributed by atoms with Gasteiger partial charge in [-0.25, -0.2) is 9.78 Å². The molecule has 1 aromatic carbocycles. The summed E-state index contributed by atoms with van der Waals surface area (Å²) < 4.78 is 15.4. The standard InChI is InChI=1S/C17H20N2O6S/c1-10-15(16(22)18-6-7-25-9-14(20)21)26-17(19-10)11-4-5-12(23-2)13(8-11)24-3/h4-5,8H,6-7,9H2,1-3H3,(H,18,22)(H,20,21). The van der Waals surface area contributed by atoms with Gasteiger partial charge >= 0.3 is 5.97 Å². The lowest BCUT2D eigenvalue weighted by Crippen LogP contribution is -2.27. The third-order valence-corrected chi connectivity index (χ3v) is 4.60. The van der Waals surface area contributed by atoms with Crippen LogP contribution in [0.5, 0.6) is 11.5 Å². The highest BCUT2D eigenvalue weighted by atomic mass is 32.1. The van der Waals surface area contributed by atoms with Gasteiger partial charge in [-0.05, 0) is 25.1 Å². The highest BCUT2D eigenvalue weighted by molar-refractivity contribution is 7.17. The molecule has 2 N–H and O–H groups in total. The number of benzene rings is 1. The van der Waals surface area contributed by atoms with Gasteiger partial charge in [0.2, 0.25) is 0 Å². The molecule has 2 aromatic rings. The van der Waals surface area contributed by atoms with Crippen molar-refractivity contribution >= 4 is 23.2 Å². The molecule has 1 aromatic heterocycles. The number of carboxylic acids is 1. The molecule has 1 amide bonds. The predicted molar refractivity (Wildman–Crippen MR) is 96.2 cm³/mol. The first-order valence-corrected chi connectivity index (χ1v) is 8.55. The van der Waals surface area contributed by atoms with Crippen LogP contribution in [0, 0.1) is 6.92 Å². The average Bonchev–Trinajstić information content (AvgIpc) is 3.02. The summed E-state index contributed by atoms with van der Waals surface area (Å²) in [5.41, 5.74) is 1.43. The van der Waals surface area contributed by atoms with Crippen molar-refractivity contribution in [2.45, 2.75) is 6.92 Å². The number of amides is 1. The Hall–Kier alpha value is -2.65. The summed E-state index contributed by atoms with van der Waals surface area (Å²) in [7, 11) is 3.12. The first kappa shape index (κ1) is 19.7. The lowest BCUT2D eigenvalue weighted by Gasteiger charge is -2.08. The van der Waals surface area contributed by atoms with Crippen molar-refractivity contribution in [1.29, 1.82) is 0 Å². The molecule has 0 atom stereocenters. The molecular weight excluding hydrogens is 360 g/mol. The second-order valence-electron chi connectivity index (χ2n) is 5.21. The second-order valence-corrected chi connectivity index (χ2v) is 6.20. The van der Waals surface area contributed by atoms with Crippen LogP contribution < -0.4 is 14.8 Å². The van der Waals surface area contributed by atoms with Gasteiger partial charge in [-0.3, -0.25) is 4.79 Å². The van der Waals surface area contributed by atoms with Crippen LogP contribution in [0.1, 0.15) is 15.4 Å². The van der Waals surface area contributed by atoms with E-state index >= 15 is 0 Å². The van der Waals surface area contributed by atoms with E-state index in [-0.39, 0.29) is 25.7 Å². The molecule has 9 heteroatoms. The summed E-state index contributed by atoms with van der Waals surface area (Å²) in [4.78, 5) is 27.6. The van der Waals surface area contributed by atoms with E-state index in [1.165, 1.54) is 11.3 Å². The van der Waals surface area contributed by atoms with Crippen molar-refractivity contribution in [2.75, 3.05) is 34.0 Å². The van der Waals surface area contributed by atoms with E-state index < -0.39 is 5.97 Å². The fourth-order valence-corrected chi connectivity index (χ4v) is 3.16. The fraction of sp³-hybridized carbons (Fsp3) is 0.353. The number of aromatic nitrogens is 1. The quantitative estimate of drug-likeness (QED) is 0.641. The predicted octanol–water partition coefficient (Wildman–Crippen LogP) is 1.97. The number of thiazole rings is 1. The third-order valence-electron chi connectivity index (χ3n) is 3.39. The summed E-state index contributed by atoms with van der Waals surface area (Å²) in [6.07, 6.45) is 0. The van der Waals surface area contributed by atoms with Gasteiger partial charge in [0, 0.05) is 12.1 Å². The molecule has 0 bridgehead atoms. The molecule has 26 heavy (non-hydrogen) atoms. The van der Waals surface area contributed by atoms with Crippen LogP contribution in [0.15, 0.2) is 18.2 Å². The maximum absolute atomic E-state index is 12.3. The monoisotopic (exact) mass is 380 g/mol. The first-order chi connectivity index (χ1) is 12.5. The van der Waals surface area contributed by atoms with Crippen LogP contribution in [-0.2, 0) is 9.53 Å². The largest absolute Gasteiger partial charge is 0.493 e. The summed E-state index contributed by atoms with van der Waals surface area (Å²) >= 11 is 1.27. The molecule has 0 aliphatic rings. The van der Waals surface area contributed by atoms with Crippen LogP contribution in [0.4, 0.5) is 0 Å². The van der Waals surface area contributed by atoms with E-state index in [1.807, 2.05) is 6.07 Å². The molecule has 8 nitrogen and oxygen atoms in total. The van der Waals surface area contributed by atoms with E-state index in [2.05, 4.69) is 10.3 Å². The minimum absolute atomic E-state index is 0.123. The lowest BCUT2D eigenvalue weighted by atomic mass is 10.2. The molecule has 1 heterocycles. The zero-order chi connectivity index (χ0) is 19.1. The highest BCUT2D eigenvalue weighted by Crippen LogP contribution is 2.34. The van der Waals surface area contributed by atoms with Crippen molar-refractivity contribution in [3.05, 3.63) is 28.8 Å². The highest BCUT2D eigenvalue weighted by Gasteiger charge is 2.17. The van der Waals surface area contributed by atoms with Gasteiger partial charge < -0.3 is 24.6 Å². The molecule has 140 valence electrons. The third kappa shape index (κ3) is 4.93. The number of hydrogen-bond donors (Lipinski definition) is 2. The van der Waals surface area contributed by atoms with E-state index in [0.29, 0.717) is 27.1 Å². The second kappa shape index (κ2) is 9.16. The maximum atomic E-state index is 12.3. The summed E-state index contributed by atoms with van der Waals surface area (Å²) in [5, 5.41) is 11.9. The van der Waals surface area contributed by atoms with E-state index in [4.69, 9.17) is 19.3 Å². The number of nitrogens with one attached hydrogen (secondary N) is 1. The Bertz CT molecular complexity index is 790. The van der Waals surface area contributed by atoms with Gasteiger partial charge in [-0.1, -0.05) is 0 Å². The van der Waals surface area contributed by atoms with Crippen LogP contribution in [0.3, 0.4) is 0 Å². The number of nitrogens with zero attached hydrogens (tertiary/aromatic N) is 1. The van der Waals surface area contributed by atoms with Crippen molar-refractivity contribution in [3.8, 4) is 22.1 Å². The molecule has 0 unspecified atom stereocenters.